The molecule has 0 amide bonds. The Kier molecular flexibility index (Phi) is 6.67. The van der Waals surface area contributed by atoms with Gasteiger partial charge in [0.1, 0.15) is 5.82 Å². The van der Waals surface area contributed by atoms with Gasteiger partial charge in [-0.05, 0) is 18.6 Å². The second kappa shape index (κ2) is 8.01. The highest BCUT2D eigenvalue weighted by Crippen LogP contribution is 2.11. The van der Waals surface area contributed by atoms with Crippen molar-refractivity contribution in [3.05, 3.63) is 35.1 Å². The van der Waals surface area contributed by atoms with E-state index in [4.69, 9.17) is 5.11 Å². The van der Waals surface area contributed by atoms with Crippen LogP contribution < -0.4 is 0 Å². The van der Waals surface area contributed by atoms with Crippen molar-refractivity contribution >= 4 is 5.78 Å². The number of hydrogen-bond donors (Lipinski definition) is 1. The van der Waals surface area contributed by atoms with Gasteiger partial charge in [-0.15, -0.1) is 0 Å². The molecule has 1 rings (SSSR count). The standard InChI is InChI=1S/C14H18F3NO2/c1-10-2-3-11(8-12(10)15)13(20)4-5-18(6-7-19)9-14(16)17/h2-3,8,14,19H,4-7,9H2,1H3. The van der Waals surface area contributed by atoms with Gasteiger partial charge in [-0.25, -0.2) is 13.2 Å². The maximum Gasteiger partial charge on any atom is 0.251 e. The maximum absolute atomic E-state index is 13.3. The zero-order valence-electron chi connectivity index (χ0n) is 11.3. The Balaban J connectivity index is 2.58. The van der Waals surface area contributed by atoms with Crippen molar-refractivity contribution in [3.63, 3.8) is 0 Å². The smallest absolute Gasteiger partial charge is 0.251 e. The molecule has 1 N–H and O–H groups in total. The van der Waals surface area contributed by atoms with Gasteiger partial charge in [0.05, 0.1) is 13.2 Å². The average molecular weight is 289 g/mol. The van der Waals surface area contributed by atoms with Crippen LogP contribution in [0, 0.1) is 12.7 Å². The number of nitrogens with zero attached hydrogens (tertiary/aromatic N) is 1. The topological polar surface area (TPSA) is 40.5 Å². The van der Waals surface area contributed by atoms with Crippen LogP contribution in [0.2, 0.25) is 0 Å². The van der Waals surface area contributed by atoms with Crippen LogP contribution in [-0.4, -0.2) is 48.5 Å². The van der Waals surface area contributed by atoms with Crippen molar-refractivity contribution in [2.45, 2.75) is 19.8 Å². The van der Waals surface area contributed by atoms with Crippen LogP contribution in [0.15, 0.2) is 18.2 Å². The molecule has 0 heterocycles. The summed E-state index contributed by atoms with van der Waals surface area (Å²) in [7, 11) is 0. The van der Waals surface area contributed by atoms with Crippen LogP contribution in [0.1, 0.15) is 22.3 Å². The van der Waals surface area contributed by atoms with E-state index in [1.165, 1.54) is 17.0 Å². The second-order valence-corrected chi connectivity index (χ2v) is 4.55. The fraction of sp³-hybridized carbons (Fsp3) is 0.500. The Morgan fingerprint density at radius 2 is 2.05 bits per heavy atom. The second-order valence-electron chi connectivity index (χ2n) is 4.55. The normalized spacial score (nSPS) is 11.3. The number of aliphatic hydroxyl groups is 1. The van der Waals surface area contributed by atoms with Gasteiger partial charge < -0.3 is 5.11 Å². The van der Waals surface area contributed by atoms with Gasteiger partial charge in [-0.3, -0.25) is 9.69 Å². The van der Waals surface area contributed by atoms with Gasteiger partial charge in [0.15, 0.2) is 5.78 Å². The molecule has 0 atom stereocenters. The molecule has 0 spiro atoms. The third-order valence-corrected chi connectivity index (χ3v) is 2.96. The van der Waals surface area contributed by atoms with Gasteiger partial charge in [0, 0.05) is 25.1 Å². The number of halogens is 3. The van der Waals surface area contributed by atoms with Crippen molar-refractivity contribution < 1.29 is 23.1 Å². The SMILES string of the molecule is Cc1ccc(C(=O)CCN(CCO)CC(F)F)cc1F. The van der Waals surface area contributed by atoms with Crippen LogP contribution >= 0.6 is 0 Å². The lowest BCUT2D eigenvalue weighted by Crippen LogP contribution is -2.33. The molecule has 0 aliphatic heterocycles. The molecule has 1 aromatic carbocycles. The third-order valence-electron chi connectivity index (χ3n) is 2.96. The van der Waals surface area contributed by atoms with Crippen LogP contribution in [0.3, 0.4) is 0 Å². The van der Waals surface area contributed by atoms with Crippen molar-refractivity contribution in [3.8, 4) is 0 Å². The highest BCUT2D eigenvalue weighted by atomic mass is 19.3. The van der Waals surface area contributed by atoms with Gasteiger partial charge in [0.2, 0.25) is 0 Å². The maximum atomic E-state index is 13.3. The molecule has 0 aliphatic carbocycles. The van der Waals surface area contributed by atoms with E-state index in [1.54, 1.807) is 6.92 Å². The lowest BCUT2D eigenvalue weighted by Gasteiger charge is -2.20. The molecular formula is C14H18F3NO2. The fourth-order valence-corrected chi connectivity index (χ4v) is 1.80. The van der Waals surface area contributed by atoms with E-state index < -0.39 is 18.8 Å². The Bertz CT molecular complexity index is 452. The largest absolute Gasteiger partial charge is 0.395 e. The summed E-state index contributed by atoms with van der Waals surface area (Å²) in [6.07, 6.45) is -2.51. The fourth-order valence-electron chi connectivity index (χ4n) is 1.80. The Morgan fingerprint density at radius 1 is 1.35 bits per heavy atom. The van der Waals surface area contributed by atoms with Gasteiger partial charge in [-0.1, -0.05) is 12.1 Å². The third kappa shape index (κ3) is 5.30. The highest BCUT2D eigenvalue weighted by Gasteiger charge is 2.14. The Hall–Kier alpha value is -1.40. The van der Waals surface area contributed by atoms with Gasteiger partial charge in [0.25, 0.3) is 6.43 Å². The molecule has 0 saturated carbocycles. The first kappa shape index (κ1) is 16.7. The van der Waals surface area contributed by atoms with E-state index in [-0.39, 0.29) is 37.5 Å². The minimum atomic E-state index is -2.52. The van der Waals surface area contributed by atoms with Crippen LogP contribution in [0.25, 0.3) is 0 Å². The first-order valence-electron chi connectivity index (χ1n) is 6.34. The molecule has 0 fully saturated rings. The lowest BCUT2D eigenvalue weighted by atomic mass is 10.1. The monoisotopic (exact) mass is 289 g/mol. The van der Waals surface area contributed by atoms with E-state index in [1.807, 2.05) is 0 Å². The molecule has 0 aromatic heterocycles. The molecule has 6 heteroatoms. The summed E-state index contributed by atoms with van der Waals surface area (Å²) >= 11 is 0. The minimum Gasteiger partial charge on any atom is -0.395 e. The number of rotatable bonds is 8. The first-order valence-corrected chi connectivity index (χ1v) is 6.34. The summed E-state index contributed by atoms with van der Waals surface area (Å²) in [5, 5.41) is 8.78. The Morgan fingerprint density at radius 3 is 2.60 bits per heavy atom. The summed E-state index contributed by atoms with van der Waals surface area (Å²) < 4.78 is 37.9. The molecule has 3 nitrogen and oxygen atoms in total. The highest BCUT2D eigenvalue weighted by molar-refractivity contribution is 5.96. The van der Waals surface area contributed by atoms with Gasteiger partial charge >= 0.3 is 0 Å². The predicted octanol–water partition coefficient (Wildman–Crippen LogP) is 2.27. The summed E-state index contributed by atoms with van der Waals surface area (Å²) in [5.74, 6) is -0.767. The van der Waals surface area contributed by atoms with E-state index in [2.05, 4.69) is 0 Å². The van der Waals surface area contributed by atoms with Crippen molar-refractivity contribution in [2.24, 2.45) is 0 Å². The summed E-state index contributed by atoms with van der Waals surface area (Å²) in [6.45, 7) is 1.05. The number of ketones is 1. The molecule has 0 saturated heterocycles. The number of aryl methyl sites for hydroxylation is 1. The molecule has 112 valence electrons. The summed E-state index contributed by atoms with van der Waals surface area (Å²) in [4.78, 5) is 13.2. The number of carbonyl (C=O) groups excluding carboxylic acids is 1. The molecule has 0 aliphatic rings. The molecule has 0 unspecified atom stereocenters. The van der Waals surface area contributed by atoms with Crippen molar-refractivity contribution in [1.29, 1.82) is 0 Å². The molecule has 0 bridgehead atoms. The van der Waals surface area contributed by atoms with E-state index in [0.717, 1.165) is 6.07 Å². The summed E-state index contributed by atoms with van der Waals surface area (Å²) in [6, 6.07) is 4.18. The molecule has 1 aromatic rings. The summed E-state index contributed by atoms with van der Waals surface area (Å²) in [5.41, 5.74) is 0.676. The van der Waals surface area contributed by atoms with Crippen LogP contribution in [0.4, 0.5) is 13.2 Å². The van der Waals surface area contributed by atoms with Crippen molar-refractivity contribution in [2.75, 3.05) is 26.2 Å². The average Bonchev–Trinajstić information content (AvgIpc) is 2.38. The van der Waals surface area contributed by atoms with Crippen molar-refractivity contribution in [1.82, 2.24) is 4.90 Å². The number of alkyl halides is 2. The zero-order valence-corrected chi connectivity index (χ0v) is 11.3. The Labute approximate surface area is 116 Å². The van der Waals surface area contributed by atoms with Crippen LogP contribution in [-0.2, 0) is 0 Å². The first-order chi connectivity index (χ1) is 9.43. The number of benzene rings is 1. The number of Topliss-reactive ketones (excluding diaryl/α,β-unsaturated/α-hetero) is 1. The predicted molar refractivity (Wildman–Crippen MR) is 69.6 cm³/mol. The molecule has 0 radical (unpaired) electrons. The molecular weight excluding hydrogens is 271 g/mol. The minimum absolute atomic E-state index is 0.00915. The van der Waals surface area contributed by atoms with Gasteiger partial charge in [-0.2, -0.15) is 0 Å². The zero-order chi connectivity index (χ0) is 15.1. The van der Waals surface area contributed by atoms with E-state index >= 15 is 0 Å². The number of carbonyl (C=O) groups is 1. The number of hydrogen-bond acceptors (Lipinski definition) is 3. The van der Waals surface area contributed by atoms with E-state index in [9.17, 15) is 18.0 Å². The van der Waals surface area contributed by atoms with Crippen LogP contribution in [0.5, 0.6) is 0 Å². The van der Waals surface area contributed by atoms with E-state index in [0.29, 0.717) is 5.56 Å². The number of aliphatic hydroxyl groups excluding tert-OH is 1. The lowest BCUT2D eigenvalue weighted by molar-refractivity contribution is 0.0732. The quantitative estimate of drug-likeness (QED) is 0.746. The molecule has 20 heavy (non-hydrogen) atoms.